The lowest BCUT2D eigenvalue weighted by Gasteiger charge is -2.31. The predicted molar refractivity (Wildman–Crippen MR) is 83.8 cm³/mol. The molecule has 1 N–H and O–H groups in total. The Hall–Kier alpha value is -2.81. The lowest BCUT2D eigenvalue weighted by molar-refractivity contribution is -0.116. The van der Waals surface area contributed by atoms with Crippen LogP contribution >= 0.6 is 0 Å². The molecule has 1 aliphatic carbocycles. The van der Waals surface area contributed by atoms with Gasteiger partial charge in [0, 0.05) is 17.2 Å². The van der Waals surface area contributed by atoms with Crippen molar-refractivity contribution in [3.8, 4) is 11.5 Å². The monoisotopic (exact) mass is 290 g/mol. The number of ketones is 1. The SMILES string of the molecule is O=C1C=CC2=C(c3ccccc3)c3ccc(O)cc3OC2C1. The molecule has 1 heterocycles. The molecule has 0 aromatic heterocycles. The summed E-state index contributed by atoms with van der Waals surface area (Å²) in [4.78, 5) is 11.7. The molecule has 108 valence electrons. The van der Waals surface area contributed by atoms with Crippen LogP contribution in [0.2, 0.25) is 0 Å². The zero-order valence-corrected chi connectivity index (χ0v) is 11.8. The van der Waals surface area contributed by atoms with E-state index in [-0.39, 0.29) is 17.6 Å². The molecule has 2 aromatic carbocycles. The number of carbonyl (C=O) groups excluding carboxylic acids is 1. The molecule has 3 nitrogen and oxygen atoms in total. The molecular formula is C19H14O3. The summed E-state index contributed by atoms with van der Waals surface area (Å²) < 4.78 is 5.95. The number of hydrogen-bond acceptors (Lipinski definition) is 3. The van der Waals surface area contributed by atoms with Crippen molar-refractivity contribution in [3.05, 3.63) is 77.4 Å². The quantitative estimate of drug-likeness (QED) is 0.874. The first-order chi connectivity index (χ1) is 10.7. The number of fused-ring (bicyclic) bond motifs is 2. The molecule has 2 aliphatic rings. The highest BCUT2D eigenvalue weighted by Crippen LogP contribution is 2.43. The van der Waals surface area contributed by atoms with Crippen LogP contribution in [0.5, 0.6) is 11.5 Å². The van der Waals surface area contributed by atoms with Gasteiger partial charge in [-0.05, 0) is 29.3 Å². The Balaban J connectivity index is 2.00. The van der Waals surface area contributed by atoms with Gasteiger partial charge < -0.3 is 9.84 Å². The molecule has 1 aliphatic heterocycles. The fourth-order valence-electron chi connectivity index (χ4n) is 3.05. The molecule has 1 atom stereocenters. The smallest absolute Gasteiger partial charge is 0.159 e. The average Bonchev–Trinajstić information content (AvgIpc) is 2.53. The minimum atomic E-state index is -0.290. The van der Waals surface area contributed by atoms with Gasteiger partial charge in [-0.1, -0.05) is 36.4 Å². The number of hydrogen-bond donors (Lipinski definition) is 1. The van der Waals surface area contributed by atoms with Crippen molar-refractivity contribution >= 4 is 11.4 Å². The third-order valence-corrected chi connectivity index (χ3v) is 4.04. The van der Waals surface area contributed by atoms with Gasteiger partial charge in [-0.3, -0.25) is 4.79 Å². The lowest BCUT2D eigenvalue weighted by Crippen LogP contribution is -2.29. The third kappa shape index (κ3) is 2.02. The van der Waals surface area contributed by atoms with E-state index < -0.39 is 0 Å². The molecule has 0 amide bonds. The zero-order valence-electron chi connectivity index (χ0n) is 11.8. The predicted octanol–water partition coefficient (Wildman–Crippen LogP) is 3.48. The number of rotatable bonds is 1. The van der Waals surface area contributed by atoms with Gasteiger partial charge in [-0.25, -0.2) is 0 Å². The third-order valence-electron chi connectivity index (χ3n) is 4.04. The van der Waals surface area contributed by atoms with Crippen LogP contribution in [0, 0.1) is 0 Å². The van der Waals surface area contributed by atoms with Crippen molar-refractivity contribution in [1.29, 1.82) is 0 Å². The van der Waals surface area contributed by atoms with Crippen LogP contribution in [-0.2, 0) is 4.79 Å². The second kappa shape index (κ2) is 4.88. The molecule has 2 aromatic rings. The second-order valence-corrected chi connectivity index (χ2v) is 5.49. The van der Waals surface area contributed by atoms with Crippen LogP contribution in [0.25, 0.3) is 5.57 Å². The fourth-order valence-corrected chi connectivity index (χ4v) is 3.05. The summed E-state index contributed by atoms with van der Waals surface area (Å²) in [7, 11) is 0. The Morgan fingerprint density at radius 3 is 2.68 bits per heavy atom. The van der Waals surface area contributed by atoms with Gasteiger partial charge in [0.2, 0.25) is 0 Å². The number of carbonyl (C=O) groups is 1. The molecule has 0 fully saturated rings. The van der Waals surface area contributed by atoms with Gasteiger partial charge in [0.1, 0.15) is 17.6 Å². The molecule has 0 saturated carbocycles. The van der Waals surface area contributed by atoms with E-state index in [4.69, 9.17) is 4.74 Å². The van der Waals surface area contributed by atoms with Crippen molar-refractivity contribution in [2.45, 2.75) is 12.5 Å². The molecular weight excluding hydrogens is 276 g/mol. The van der Waals surface area contributed by atoms with Crippen LogP contribution in [0.3, 0.4) is 0 Å². The Labute approximate surface area is 128 Å². The number of phenolic OH excluding ortho intramolecular Hbond substituents is 1. The summed E-state index contributed by atoms with van der Waals surface area (Å²) in [5.74, 6) is 0.841. The summed E-state index contributed by atoms with van der Waals surface area (Å²) >= 11 is 0. The molecule has 0 bridgehead atoms. The summed E-state index contributed by atoms with van der Waals surface area (Å²) in [6, 6.07) is 15.2. The van der Waals surface area contributed by atoms with Gasteiger partial charge in [0.25, 0.3) is 0 Å². The Bertz CT molecular complexity index is 816. The zero-order chi connectivity index (χ0) is 15.1. The summed E-state index contributed by atoms with van der Waals surface area (Å²) in [6.07, 6.45) is 3.51. The highest BCUT2D eigenvalue weighted by molar-refractivity contribution is 5.96. The lowest BCUT2D eigenvalue weighted by atomic mass is 9.84. The van der Waals surface area contributed by atoms with Crippen molar-refractivity contribution in [3.63, 3.8) is 0 Å². The van der Waals surface area contributed by atoms with E-state index >= 15 is 0 Å². The molecule has 22 heavy (non-hydrogen) atoms. The number of ether oxygens (including phenoxy) is 1. The van der Waals surface area contributed by atoms with E-state index in [2.05, 4.69) is 0 Å². The van der Waals surface area contributed by atoms with Crippen molar-refractivity contribution in [2.75, 3.05) is 0 Å². The van der Waals surface area contributed by atoms with Crippen molar-refractivity contribution < 1.29 is 14.6 Å². The number of allylic oxidation sites excluding steroid dienone is 1. The molecule has 1 unspecified atom stereocenters. The van der Waals surface area contributed by atoms with Gasteiger partial charge in [-0.2, -0.15) is 0 Å². The van der Waals surface area contributed by atoms with Gasteiger partial charge in [0.05, 0.1) is 6.42 Å². The minimum Gasteiger partial charge on any atom is -0.508 e. The van der Waals surface area contributed by atoms with E-state index in [1.54, 1.807) is 18.2 Å². The molecule has 0 spiro atoms. The maximum atomic E-state index is 11.7. The summed E-state index contributed by atoms with van der Waals surface area (Å²) in [5, 5.41) is 9.72. The Morgan fingerprint density at radius 1 is 1.05 bits per heavy atom. The second-order valence-electron chi connectivity index (χ2n) is 5.49. The van der Waals surface area contributed by atoms with E-state index in [1.807, 2.05) is 42.5 Å². The summed E-state index contributed by atoms with van der Waals surface area (Å²) in [5.41, 5.74) is 4.10. The minimum absolute atomic E-state index is 0.0600. The standard InChI is InChI=1S/C19H14O3/c20-13-6-8-15-17(10-13)22-18-11-14(21)7-9-16(18)19(15)12-4-2-1-3-5-12/h1-10,18,20H,11H2. The van der Waals surface area contributed by atoms with Gasteiger partial charge >= 0.3 is 0 Å². The first-order valence-corrected chi connectivity index (χ1v) is 7.23. The largest absolute Gasteiger partial charge is 0.508 e. The Morgan fingerprint density at radius 2 is 1.86 bits per heavy atom. The van der Waals surface area contributed by atoms with Gasteiger partial charge in [0.15, 0.2) is 5.78 Å². The number of phenols is 1. The van der Waals surface area contributed by atoms with E-state index in [0.29, 0.717) is 12.2 Å². The van der Waals surface area contributed by atoms with E-state index in [0.717, 1.165) is 22.3 Å². The van der Waals surface area contributed by atoms with Crippen LogP contribution in [0.4, 0.5) is 0 Å². The molecule has 0 radical (unpaired) electrons. The summed E-state index contributed by atoms with van der Waals surface area (Å²) in [6.45, 7) is 0. The van der Waals surface area contributed by atoms with Crippen LogP contribution < -0.4 is 4.74 Å². The maximum Gasteiger partial charge on any atom is 0.159 e. The normalized spacial score (nSPS) is 19.5. The fraction of sp³-hybridized carbons (Fsp3) is 0.105. The average molecular weight is 290 g/mol. The van der Waals surface area contributed by atoms with Crippen molar-refractivity contribution in [2.24, 2.45) is 0 Å². The molecule has 0 saturated heterocycles. The van der Waals surface area contributed by atoms with E-state index in [9.17, 15) is 9.90 Å². The van der Waals surface area contributed by atoms with Crippen LogP contribution in [-0.4, -0.2) is 17.0 Å². The first kappa shape index (κ1) is 12.9. The Kier molecular flexibility index (Phi) is 2.86. The topological polar surface area (TPSA) is 46.5 Å². The van der Waals surface area contributed by atoms with Crippen LogP contribution in [0.1, 0.15) is 17.5 Å². The first-order valence-electron chi connectivity index (χ1n) is 7.23. The number of aromatic hydroxyl groups is 1. The van der Waals surface area contributed by atoms with Crippen LogP contribution in [0.15, 0.2) is 66.3 Å². The van der Waals surface area contributed by atoms with E-state index in [1.165, 1.54) is 0 Å². The molecule has 4 rings (SSSR count). The molecule has 3 heteroatoms. The highest BCUT2D eigenvalue weighted by atomic mass is 16.5. The highest BCUT2D eigenvalue weighted by Gasteiger charge is 2.31. The number of benzene rings is 2. The van der Waals surface area contributed by atoms with Gasteiger partial charge in [-0.15, -0.1) is 0 Å². The van der Waals surface area contributed by atoms with Crippen molar-refractivity contribution in [1.82, 2.24) is 0 Å². The maximum absolute atomic E-state index is 11.7.